The highest BCUT2D eigenvalue weighted by Crippen LogP contribution is 2.22. The van der Waals surface area contributed by atoms with Crippen LogP contribution in [0.25, 0.3) is 0 Å². The zero-order valence-corrected chi connectivity index (χ0v) is 15.5. The second-order valence-electron chi connectivity index (χ2n) is 5.83. The quantitative estimate of drug-likeness (QED) is 0.348. The summed E-state index contributed by atoms with van der Waals surface area (Å²) in [4.78, 5) is 38.0. The van der Waals surface area contributed by atoms with Gasteiger partial charge in [-0.25, -0.2) is 9.69 Å². The highest BCUT2D eigenvalue weighted by Gasteiger charge is 2.43. The van der Waals surface area contributed by atoms with Crippen molar-refractivity contribution in [2.24, 2.45) is 5.92 Å². The van der Waals surface area contributed by atoms with Gasteiger partial charge in [0.25, 0.3) is 5.91 Å². The van der Waals surface area contributed by atoms with Gasteiger partial charge in [-0.2, -0.15) is 0 Å². The molecule has 1 aliphatic rings. The van der Waals surface area contributed by atoms with Crippen LogP contribution in [0.4, 0.5) is 16.2 Å². The van der Waals surface area contributed by atoms with Gasteiger partial charge in [0, 0.05) is 11.4 Å². The molecule has 8 nitrogen and oxygen atoms in total. The summed E-state index contributed by atoms with van der Waals surface area (Å²) in [5.41, 5.74) is 6.49. The Morgan fingerprint density at radius 3 is 2.21 bits per heavy atom. The number of nitrogens with one attached hydrogen (secondary N) is 4. The maximum absolute atomic E-state index is 12.8. The van der Waals surface area contributed by atoms with Crippen LogP contribution in [0.5, 0.6) is 0 Å². The van der Waals surface area contributed by atoms with Crippen molar-refractivity contribution in [2.75, 3.05) is 10.2 Å². The van der Waals surface area contributed by atoms with Gasteiger partial charge in [0.05, 0.1) is 5.69 Å². The zero-order valence-electron chi connectivity index (χ0n) is 14.6. The van der Waals surface area contributed by atoms with Gasteiger partial charge in [-0.05, 0) is 36.5 Å². The van der Waals surface area contributed by atoms with Gasteiger partial charge < -0.3 is 10.7 Å². The molecular weight excluding hydrogens is 378 g/mol. The molecule has 2 aromatic carbocycles. The van der Waals surface area contributed by atoms with Crippen LogP contribution < -0.4 is 26.4 Å². The first-order valence-electron chi connectivity index (χ1n) is 8.28. The number of hydrazine groups is 1. The molecule has 2 aromatic rings. The zero-order chi connectivity index (χ0) is 20.1. The highest BCUT2D eigenvalue weighted by atomic mass is 32.1. The van der Waals surface area contributed by atoms with E-state index in [-0.39, 0.29) is 10.8 Å². The third-order valence-corrected chi connectivity index (χ3v) is 4.10. The van der Waals surface area contributed by atoms with Crippen molar-refractivity contribution in [3.8, 4) is 0 Å². The Morgan fingerprint density at radius 1 is 0.964 bits per heavy atom. The summed E-state index contributed by atoms with van der Waals surface area (Å²) < 4.78 is 0. The number of nitrogens with zero attached hydrogens (tertiary/aromatic N) is 1. The van der Waals surface area contributed by atoms with Crippen LogP contribution in [-0.2, 0) is 9.59 Å². The number of carbonyl (C=O) groups excluding carboxylic acids is 3. The lowest BCUT2D eigenvalue weighted by Gasteiger charge is -2.31. The SMILES string of the molecule is C=C(NNC(=S)Nc1ccccc1)[C@H]1C(=O)NC(=O)N(c2ccccc2)C1=O. The Labute approximate surface area is 166 Å². The largest absolute Gasteiger partial charge is 0.335 e. The second-order valence-corrected chi connectivity index (χ2v) is 6.24. The molecule has 0 bridgehead atoms. The van der Waals surface area contributed by atoms with E-state index in [1.54, 1.807) is 30.3 Å². The number of benzene rings is 2. The highest BCUT2D eigenvalue weighted by molar-refractivity contribution is 7.80. The van der Waals surface area contributed by atoms with Crippen LogP contribution in [0, 0.1) is 5.92 Å². The van der Waals surface area contributed by atoms with Crippen LogP contribution >= 0.6 is 12.2 Å². The summed E-state index contributed by atoms with van der Waals surface area (Å²) in [5.74, 6) is -2.77. The molecule has 28 heavy (non-hydrogen) atoms. The van der Waals surface area contributed by atoms with E-state index in [0.717, 1.165) is 10.6 Å². The molecule has 4 amide bonds. The number of carbonyl (C=O) groups is 3. The molecule has 0 unspecified atom stereocenters. The summed E-state index contributed by atoms with van der Waals surface area (Å²) in [5, 5.41) is 5.31. The minimum atomic E-state index is -1.30. The van der Waals surface area contributed by atoms with Crippen LogP contribution in [-0.4, -0.2) is 23.0 Å². The molecule has 1 aliphatic heterocycles. The van der Waals surface area contributed by atoms with Crippen molar-refractivity contribution in [1.29, 1.82) is 0 Å². The molecule has 1 atom stereocenters. The van der Waals surface area contributed by atoms with Gasteiger partial charge in [-0.15, -0.1) is 0 Å². The van der Waals surface area contributed by atoms with Crippen molar-refractivity contribution in [1.82, 2.24) is 16.2 Å². The van der Waals surface area contributed by atoms with Gasteiger partial charge in [0.15, 0.2) is 11.0 Å². The predicted octanol–water partition coefficient (Wildman–Crippen LogP) is 1.89. The fraction of sp³-hybridized carbons (Fsp3) is 0.0526. The number of hydrogen-bond acceptors (Lipinski definition) is 5. The number of anilines is 2. The van der Waals surface area contributed by atoms with E-state index in [4.69, 9.17) is 12.2 Å². The molecule has 0 aliphatic carbocycles. The number of para-hydroxylation sites is 2. The fourth-order valence-electron chi connectivity index (χ4n) is 2.60. The van der Waals surface area contributed by atoms with E-state index < -0.39 is 23.8 Å². The Morgan fingerprint density at radius 2 is 1.57 bits per heavy atom. The van der Waals surface area contributed by atoms with Crippen LogP contribution in [0.2, 0.25) is 0 Å². The summed E-state index contributed by atoms with van der Waals surface area (Å²) in [7, 11) is 0. The molecule has 0 aromatic heterocycles. The minimum Gasteiger partial charge on any atom is -0.331 e. The molecule has 0 radical (unpaired) electrons. The third kappa shape index (κ3) is 4.15. The van der Waals surface area contributed by atoms with Gasteiger partial charge in [0.2, 0.25) is 5.91 Å². The maximum atomic E-state index is 12.8. The topological polar surface area (TPSA) is 103 Å². The smallest absolute Gasteiger partial charge is 0.331 e. The van der Waals surface area contributed by atoms with Crippen molar-refractivity contribution >= 4 is 46.6 Å². The molecular formula is C19H17N5O3S. The molecule has 1 fully saturated rings. The normalized spacial score (nSPS) is 16.2. The van der Waals surface area contributed by atoms with E-state index in [1.165, 1.54) is 0 Å². The van der Waals surface area contributed by atoms with E-state index in [1.807, 2.05) is 30.3 Å². The minimum absolute atomic E-state index is 0.0492. The Hall–Kier alpha value is -3.72. The number of thiocarbonyl (C=S) groups is 1. The van der Waals surface area contributed by atoms with Gasteiger partial charge >= 0.3 is 6.03 Å². The first-order valence-corrected chi connectivity index (χ1v) is 8.69. The summed E-state index contributed by atoms with van der Waals surface area (Å²) in [6, 6.07) is 16.7. The van der Waals surface area contributed by atoms with Crippen molar-refractivity contribution < 1.29 is 14.4 Å². The molecule has 1 heterocycles. The average molecular weight is 395 g/mol. The first-order chi connectivity index (χ1) is 13.5. The summed E-state index contributed by atoms with van der Waals surface area (Å²) >= 11 is 5.16. The number of barbiturate groups is 1. The molecule has 4 N–H and O–H groups in total. The number of urea groups is 1. The number of imide groups is 2. The number of amides is 4. The van der Waals surface area contributed by atoms with E-state index in [0.29, 0.717) is 5.69 Å². The molecule has 0 spiro atoms. The van der Waals surface area contributed by atoms with E-state index in [9.17, 15) is 14.4 Å². The molecule has 1 saturated heterocycles. The molecule has 0 saturated carbocycles. The monoisotopic (exact) mass is 395 g/mol. The third-order valence-electron chi connectivity index (χ3n) is 3.89. The number of hydrogen-bond donors (Lipinski definition) is 4. The van der Waals surface area contributed by atoms with Crippen LogP contribution in [0.15, 0.2) is 72.9 Å². The van der Waals surface area contributed by atoms with Crippen LogP contribution in [0.3, 0.4) is 0 Å². The average Bonchev–Trinajstić information content (AvgIpc) is 2.67. The molecule has 3 rings (SSSR count). The van der Waals surface area contributed by atoms with Crippen molar-refractivity contribution in [3.05, 3.63) is 72.9 Å². The summed E-state index contributed by atoms with van der Waals surface area (Å²) in [6.07, 6.45) is 0. The van der Waals surface area contributed by atoms with Gasteiger partial charge in [-0.1, -0.05) is 43.0 Å². The lowest BCUT2D eigenvalue weighted by Crippen LogP contribution is -2.60. The van der Waals surface area contributed by atoms with Crippen molar-refractivity contribution in [3.63, 3.8) is 0 Å². The molecule has 9 heteroatoms. The van der Waals surface area contributed by atoms with E-state index >= 15 is 0 Å². The Kier molecular flexibility index (Phi) is 5.66. The predicted molar refractivity (Wildman–Crippen MR) is 109 cm³/mol. The maximum Gasteiger partial charge on any atom is 0.335 e. The van der Waals surface area contributed by atoms with Gasteiger partial charge in [0.1, 0.15) is 0 Å². The Bertz CT molecular complexity index is 933. The van der Waals surface area contributed by atoms with E-state index in [2.05, 4.69) is 28.1 Å². The number of rotatable bonds is 5. The summed E-state index contributed by atoms with van der Waals surface area (Å²) in [6.45, 7) is 3.73. The standard InChI is InChI=1S/C19H17N5O3S/c1-12(22-23-18(28)20-13-8-4-2-5-9-13)15-16(25)21-19(27)24(17(15)26)14-10-6-3-7-11-14/h2-11,15,22H,1H2,(H2,20,23,28)(H,21,25,27)/t15-/m0/s1. The second kappa shape index (κ2) is 8.31. The first kappa shape index (κ1) is 19.1. The van der Waals surface area contributed by atoms with Crippen LogP contribution in [0.1, 0.15) is 0 Å². The lowest BCUT2D eigenvalue weighted by molar-refractivity contribution is -0.132. The van der Waals surface area contributed by atoms with Crippen molar-refractivity contribution in [2.45, 2.75) is 0 Å². The molecule has 142 valence electrons. The lowest BCUT2D eigenvalue weighted by atomic mass is 10.0. The fourth-order valence-corrected chi connectivity index (χ4v) is 2.77. The van der Waals surface area contributed by atoms with Gasteiger partial charge in [-0.3, -0.25) is 20.3 Å². The Balaban J connectivity index is 1.66.